The Morgan fingerprint density at radius 1 is 0.852 bits per heavy atom. The van der Waals surface area contributed by atoms with E-state index in [4.69, 9.17) is 23.9 Å². The Morgan fingerprint density at radius 3 is 2.16 bits per heavy atom. The Morgan fingerprint density at radius 2 is 1.53 bits per heavy atom. The van der Waals surface area contributed by atoms with Gasteiger partial charge in [0.2, 0.25) is 23.6 Å². The number of β-amino-alcohol motifs (C(OH)–C–C–N with tert-alkyl or cyclic N) is 1. The predicted octanol–water partition coefficient (Wildman–Crippen LogP) is 5.25. The first-order valence-corrected chi connectivity index (χ1v) is 28.4. The molecule has 6 heterocycles. The highest BCUT2D eigenvalue weighted by Crippen LogP contribution is 2.41. The van der Waals surface area contributed by atoms with Gasteiger partial charge in [0.05, 0.1) is 111 Å². The van der Waals surface area contributed by atoms with Crippen molar-refractivity contribution in [2.75, 3.05) is 90.9 Å². The number of aromatic amines is 1. The van der Waals surface area contributed by atoms with E-state index in [-0.39, 0.29) is 100 Å². The minimum absolute atomic E-state index is 0.000852. The van der Waals surface area contributed by atoms with E-state index in [1.165, 1.54) is 17.0 Å². The lowest BCUT2D eigenvalue weighted by Crippen LogP contribution is -2.57. The second-order valence-electron chi connectivity index (χ2n) is 21.5. The van der Waals surface area contributed by atoms with E-state index in [1.807, 2.05) is 62.6 Å². The Hall–Kier alpha value is -7.22. The van der Waals surface area contributed by atoms with Gasteiger partial charge in [0, 0.05) is 81.5 Å². The molecule has 2 saturated heterocycles. The number of hydrogen-bond donors (Lipinski definition) is 5. The summed E-state index contributed by atoms with van der Waals surface area (Å²) < 4.78 is 40.0. The second kappa shape index (κ2) is 27.0. The van der Waals surface area contributed by atoms with Crippen LogP contribution in [0.15, 0.2) is 72.8 Å². The summed E-state index contributed by atoms with van der Waals surface area (Å²) in [5, 5.41) is 26.3. The highest BCUT2D eigenvalue weighted by molar-refractivity contribution is 7.13. The zero-order chi connectivity index (χ0) is 57.0. The lowest BCUT2D eigenvalue weighted by molar-refractivity contribution is -0.144. The third-order valence-electron chi connectivity index (χ3n) is 14.5. The maximum Gasteiger partial charge on any atom is 0.254 e. The van der Waals surface area contributed by atoms with Crippen molar-refractivity contribution in [3.8, 4) is 21.7 Å². The van der Waals surface area contributed by atoms with Crippen LogP contribution in [0, 0.1) is 18.2 Å². The molecule has 5 N–H and O–H groups in total. The van der Waals surface area contributed by atoms with Crippen molar-refractivity contribution >= 4 is 58.0 Å². The molecule has 0 radical (unpaired) electrons. The number of carbonyl (C=O) groups excluding carboxylic acids is 5. The molecule has 4 aromatic heterocycles. The van der Waals surface area contributed by atoms with Crippen LogP contribution >= 0.6 is 11.3 Å². The molecular formula is C57H71FN12O10S. The van der Waals surface area contributed by atoms with Gasteiger partial charge in [-0.2, -0.15) is 5.10 Å². The number of aliphatic hydroxyl groups is 1. The molecular weight excluding hydrogens is 1060 g/mol. The molecule has 432 valence electrons. The molecule has 22 nitrogen and oxygen atoms in total. The van der Waals surface area contributed by atoms with Crippen molar-refractivity contribution in [3.05, 3.63) is 101 Å². The van der Waals surface area contributed by atoms with E-state index >= 15 is 4.39 Å². The van der Waals surface area contributed by atoms with Crippen LogP contribution in [0.4, 0.5) is 15.9 Å². The van der Waals surface area contributed by atoms with Crippen LogP contribution in [-0.2, 0) is 44.7 Å². The van der Waals surface area contributed by atoms with Gasteiger partial charge < -0.3 is 54.7 Å². The molecule has 3 atom stereocenters. The monoisotopic (exact) mass is 1130 g/mol. The lowest BCUT2D eigenvalue weighted by Gasteiger charge is -2.35. The third kappa shape index (κ3) is 15.2. The molecule has 6 aromatic rings. The molecule has 0 unspecified atom stereocenters. The quantitative estimate of drug-likeness (QED) is 0.0435. The van der Waals surface area contributed by atoms with Gasteiger partial charge in [-0.15, -0.1) is 11.3 Å². The summed E-state index contributed by atoms with van der Waals surface area (Å²) in [6, 6.07) is 10.3. The number of H-pyrrole nitrogens is 1. The Kier molecular flexibility index (Phi) is 19.5. The molecule has 1 saturated carbocycles. The first kappa shape index (κ1) is 58.4. The number of thiazole rings is 1. The highest BCUT2D eigenvalue weighted by Gasteiger charge is 2.44. The fraction of sp³-hybridized carbons (Fsp3) is 0.491. The number of likely N-dealkylation sites (tertiary alicyclic amines) is 1. The number of piperazine rings is 1. The molecule has 24 heteroatoms. The van der Waals surface area contributed by atoms with Crippen LogP contribution in [-0.4, -0.2) is 183 Å². The number of amides is 5. The number of aryl methyl sites for hydroxylation is 1. The Bertz CT molecular complexity index is 3120. The van der Waals surface area contributed by atoms with E-state index in [1.54, 1.807) is 51.3 Å². The van der Waals surface area contributed by atoms with Gasteiger partial charge in [-0.25, -0.2) is 19.3 Å². The Labute approximate surface area is 473 Å². The molecule has 3 aliphatic rings. The van der Waals surface area contributed by atoms with E-state index in [2.05, 4.69) is 36.1 Å². The molecule has 0 bridgehead atoms. The normalized spacial score (nSPS) is 16.9. The lowest BCUT2D eigenvalue weighted by atomic mass is 9.85. The zero-order valence-electron chi connectivity index (χ0n) is 46.2. The topological polar surface area (TPSA) is 260 Å². The van der Waals surface area contributed by atoms with Gasteiger partial charge in [0.25, 0.3) is 5.91 Å². The summed E-state index contributed by atoms with van der Waals surface area (Å²) in [6.45, 7) is 11.1. The van der Waals surface area contributed by atoms with Crippen molar-refractivity contribution in [2.24, 2.45) is 5.41 Å². The summed E-state index contributed by atoms with van der Waals surface area (Å²) in [7, 11) is 0. The molecule has 5 amide bonds. The predicted molar refractivity (Wildman–Crippen MR) is 299 cm³/mol. The number of nitrogens with zero attached hydrogens (tertiary/aromatic N) is 8. The maximum absolute atomic E-state index is 15.6. The molecule has 3 fully saturated rings. The minimum atomic E-state index is -0.951. The molecule has 0 spiro atoms. The standard InChI is InChI=1S/C57H71FN12O10S/c1-36-50(81-35-61-36)39-7-5-37(6-8-39)29-60-54(74)46-28-42(71)33-70(46)56(76)51(57(2,3)4)66-48(72)13-19-77-21-23-79-25-26-80-24-22-78-20-14-49(73)67-15-17-68(18-16-67)55(75)40-11-12-44(43(58)27-40)64-52-53-59-32-47(41-30-62-63-31-41)69(53)34-45(65-52)38-9-10-38/h5-8,11-12,27,30-32,34-35,38,42,46,51,71H,9-10,13-26,28-29,33H2,1-4H3,(H,60,74)(H,62,63)(H,64,65)(H,66,72)/t42-,46+,51-/m1/s1. The summed E-state index contributed by atoms with van der Waals surface area (Å²) in [5.74, 6) is -1.46. The van der Waals surface area contributed by atoms with Crippen LogP contribution in [0.3, 0.4) is 0 Å². The van der Waals surface area contributed by atoms with Crippen molar-refractivity contribution in [2.45, 2.75) is 90.4 Å². The van der Waals surface area contributed by atoms with Crippen LogP contribution in [0.5, 0.6) is 0 Å². The second-order valence-corrected chi connectivity index (χ2v) is 22.4. The number of imidazole rings is 1. The van der Waals surface area contributed by atoms with Gasteiger partial charge in [0.1, 0.15) is 17.9 Å². The SMILES string of the molecule is Cc1ncsc1-c1ccc(CNC(=O)[C@@H]2C[C@@H](O)CN2C(=O)[C@@H](NC(=O)CCOCCOCCOCCOCCC(=O)N2CCN(C(=O)c3ccc(Nc4nc(C5CC5)cn5c(-c6cn[nH]c6)cnc45)c(F)c3)CC2)C(C)(C)C)cc1. The Balaban J connectivity index is 0.597. The largest absolute Gasteiger partial charge is 0.391 e. The number of aromatic nitrogens is 6. The molecule has 9 rings (SSSR count). The smallest absolute Gasteiger partial charge is 0.254 e. The first-order valence-electron chi connectivity index (χ1n) is 27.5. The van der Waals surface area contributed by atoms with Crippen molar-refractivity contribution in [1.82, 2.24) is 54.9 Å². The molecule has 2 aliphatic heterocycles. The number of halogens is 1. The van der Waals surface area contributed by atoms with Crippen LogP contribution in [0.25, 0.3) is 27.3 Å². The number of ether oxygens (including phenoxy) is 4. The van der Waals surface area contributed by atoms with Crippen LogP contribution in [0.2, 0.25) is 0 Å². The van der Waals surface area contributed by atoms with Gasteiger partial charge in [-0.3, -0.25) is 33.5 Å². The number of nitrogens with one attached hydrogen (secondary N) is 4. The van der Waals surface area contributed by atoms with Crippen molar-refractivity contribution in [3.63, 3.8) is 0 Å². The summed E-state index contributed by atoms with van der Waals surface area (Å²) in [6.07, 6.45) is 8.65. The number of aliphatic hydroxyl groups excluding tert-OH is 1. The van der Waals surface area contributed by atoms with Crippen molar-refractivity contribution < 1.29 is 52.4 Å². The number of fused-ring (bicyclic) bond motifs is 1. The molecule has 1 aliphatic carbocycles. The van der Waals surface area contributed by atoms with E-state index < -0.39 is 35.3 Å². The summed E-state index contributed by atoms with van der Waals surface area (Å²) in [4.78, 5) is 86.3. The number of hydrogen-bond acceptors (Lipinski definition) is 16. The maximum atomic E-state index is 15.6. The van der Waals surface area contributed by atoms with Gasteiger partial charge in [0.15, 0.2) is 11.5 Å². The van der Waals surface area contributed by atoms with Crippen LogP contribution in [0.1, 0.15) is 86.1 Å². The third-order valence-corrected chi connectivity index (χ3v) is 15.4. The van der Waals surface area contributed by atoms with Gasteiger partial charge in [-0.05, 0) is 54.5 Å². The van der Waals surface area contributed by atoms with E-state index in [0.29, 0.717) is 63.4 Å². The number of benzene rings is 2. The fourth-order valence-electron chi connectivity index (χ4n) is 9.75. The van der Waals surface area contributed by atoms with E-state index in [0.717, 1.165) is 51.5 Å². The van der Waals surface area contributed by atoms with Crippen molar-refractivity contribution in [1.29, 1.82) is 0 Å². The van der Waals surface area contributed by atoms with Crippen LogP contribution < -0.4 is 16.0 Å². The summed E-state index contributed by atoms with van der Waals surface area (Å²) >= 11 is 1.57. The zero-order valence-corrected chi connectivity index (χ0v) is 47.0. The average Bonchev–Trinajstić information content (AvgIpc) is 3.97. The molecule has 2 aromatic carbocycles. The average molecular weight is 1140 g/mol. The van der Waals surface area contributed by atoms with Gasteiger partial charge >= 0.3 is 0 Å². The first-order chi connectivity index (χ1) is 39.1. The number of rotatable bonds is 26. The van der Waals surface area contributed by atoms with E-state index in [9.17, 15) is 29.1 Å². The molecule has 81 heavy (non-hydrogen) atoms. The number of carbonyl (C=O) groups is 5. The number of anilines is 2. The van der Waals surface area contributed by atoms with Gasteiger partial charge in [-0.1, -0.05) is 45.0 Å². The minimum Gasteiger partial charge on any atom is -0.391 e. The fourth-order valence-corrected chi connectivity index (χ4v) is 10.6. The highest BCUT2D eigenvalue weighted by atomic mass is 32.1. The summed E-state index contributed by atoms with van der Waals surface area (Å²) in [5.41, 5.74) is 7.48.